The number of carbonyl (C=O) groups is 1. The lowest BCUT2D eigenvalue weighted by Crippen LogP contribution is -2.35. The highest BCUT2D eigenvalue weighted by atomic mass is 16.5. The molecular formula is C9H20N2O2. The maximum absolute atomic E-state index is 11.2. The van der Waals surface area contributed by atoms with E-state index in [4.69, 9.17) is 10.5 Å². The van der Waals surface area contributed by atoms with Gasteiger partial charge in [0.05, 0.1) is 12.7 Å². The standard InChI is InChI=1S/C9H20N2O2/c1-7(2)13-5-4-11-9(12)8(3)6-10/h7-8H,4-6,10H2,1-3H3,(H,11,12). The van der Waals surface area contributed by atoms with Crippen LogP contribution in [0.4, 0.5) is 0 Å². The molecule has 0 aromatic rings. The summed E-state index contributed by atoms with van der Waals surface area (Å²) in [6.07, 6.45) is 0.212. The number of amides is 1. The normalized spacial score (nSPS) is 13.0. The molecule has 0 spiro atoms. The molecule has 78 valence electrons. The van der Waals surface area contributed by atoms with Gasteiger partial charge in [0.1, 0.15) is 0 Å². The van der Waals surface area contributed by atoms with Gasteiger partial charge in [0.15, 0.2) is 0 Å². The summed E-state index contributed by atoms with van der Waals surface area (Å²) in [5, 5.41) is 2.74. The van der Waals surface area contributed by atoms with Crippen LogP contribution < -0.4 is 11.1 Å². The van der Waals surface area contributed by atoms with Crippen LogP contribution in [0.25, 0.3) is 0 Å². The van der Waals surface area contributed by atoms with E-state index < -0.39 is 0 Å². The second-order valence-electron chi connectivity index (χ2n) is 3.35. The Morgan fingerprint density at radius 1 is 1.46 bits per heavy atom. The Labute approximate surface area is 79.8 Å². The zero-order valence-electron chi connectivity index (χ0n) is 8.67. The molecule has 0 aromatic carbocycles. The van der Waals surface area contributed by atoms with Crippen molar-refractivity contribution in [3.63, 3.8) is 0 Å². The zero-order valence-corrected chi connectivity index (χ0v) is 8.67. The molecular weight excluding hydrogens is 168 g/mol. The quantitative estimate of drug-likeness (QED) is 0.582. The molecule has 4 nitrogen and oxygen atoms in total. The highest BCUT2D eigenvalue weighted by molar-refractivity contribution is 5.78. The predicted molar refractivity (Wildman–Crippen MR) is 52.3 cm³/mol. The van der Waals surface area contributed by atoms with Gasteiger partial charge < -0.3 is 15.8 Å². The molecule has 0 saturated carbocycles. The van der Waals surface area contributed by atoms with Crippen molar-refractivity contribution < 1.29 is 9.53 Å². The number of hydrogen-bond acceptors (Lipinski definition) is 3. The zero-order chi connectivity index (χ0) is 10.3. The molecule has 0 bridgehead atoms. The van der Waals surface area contributed by atoms with Crippen molar-refractivity contribution in [2.75, 3.05) is 19.7 Å². The second kappa shape index (κ2) is 6.86. The smallest absolute Gasteiger partial charge is 0.224 e. The second-order valence-corrected chi connectivity index (χ2v) is 3.35. The third-order valence-electron chi connectivity index (χ3n) is 1.65. The minimum Gasteiger partial charge on any atom is -0.377 e. The van der Waals surface area contributed by atoms with Crippen LogP contribution in [0.2, 0.25) is 0 Å². The number of carbonyl (C=O) groups excluding carboxylic acids is 1. The van der Waals surface area contributed by atoms with E-state index in [0.29, 0.717) is 19.7 Å². The van der Waals surface area contributed by atoms with Crippen molar-refractivity contribution in [1.82, 2.24) is 5.32 Å². The van der Waals surface area contributed by atoms with Crippen molar-refractivity contribution in [1.29, 1.82) is 0 Å². The Bertz CT molecular complexity index is 149. The van der Waals surface area contributed by atoms with Gasteiger partial charge in [-0.15, -0.1) is 0 Å². The summed E-state index contributed by atoms with van der Waals surface area (Å²) in [7, 11) is 0. The Morgan fingerprint density at radius 3 is 2.54 bits per heavy atom. The first-order valence-corrected chi connectivity index (χ1v) is 4.67. The van der Waals surface area contributed by atoms with Gasteiger partial charge in [-0.1, -0.05) is 6.92 Å². The van der Waals surface area contributed by atoms with Gasteiger partial charge in [-0.3, -0.25) is 4.79 Å². The molecule has 0 heterocycles. The summed E-state index contributed by atoms with van der Waals surface area (Å²) in [5.74, 6) is -0.117. The first kappa shape index (κ1) is 12.4. The van der Waals surface area contributed by atoms with Crippen molar-refractivity contribution in [3.05, 3.63) is 0 Å². The van der Waals surface area contributed by atoms with Gasteiger partial charge in [0.25, 0.3) is 0 Å². The summed E-state index contributed by atoms with van der Waals surface area (Å²) in [6, 6.07) is 0. The van der Waals surface area contributed by atoms with Gasteiger partial charge >= 0.3 is 0 Å². The van der Waals surface area contributed by atoms with Gasteiger partial charge in [0.2, 0.25) is 5.91 Å². The molecule has 0 aliphatic heterocycles. The number of nitrogens with one attached hydrogen (secondary N) is 1. The lowest BCUT2D eigenvalue weighted by atomic mass is 10.2. The molecule has 0 aliphatic carbocycles. The van der Waals surface area contributed by atoms with Gasteiger partial charge in [0, 0.05) is 19.0 Å². The van der Waals surface area contributed by atoms with Crippen LogP contribution >= 0.6 is 0 Å². The van der Waals surface area contributed by atoms with E-state index in [2.05, 4.69) is 5.32 Å². The molecule has 0 radical (unpaired) electrons. The number of ether oxygens (including phenoxy) is 1. The van der Waals surface area contributed by atoms with E-state index in [-0.39, 0.29) is 17.9 Å². The molecule has 1 atom stereocenters. The molecule has 1 unspecified atom stereocenters. The Balaban J connectivity index is 3.37. The lowest BCUT2D eigenvalue weighted by molar-refractivity contribution is -0.124. The first-order chi connectivity index (χ1) is 6.07. The van der Waals surface area contributed by atoms with Gasteiger partial charge in [-0.05, 0) is 13.8 Å². The van der Waals surface area contributed by atoms with E-state index in [1.54, 1.807) is 6.92 Å². The van der Waals surface area contributed by atoms with E-state index in [1.807, 2.05) is 13.8 Å². The lowest BCUT2D eigenvalue weighted by Gasteiger charge is -2.11. The third kappa shape index (κ3) is 6.54. The third-order valence-corrected chi connectivity index (χ3v) is 1.65. The summed E-state index contributed by atoms with van der Waals surface area (Å²) >= 11 is 0. The van der Waals surface area contributed by atoms with Crippen molar-refractivity contribution in [3.8, 4) is 0 Å². The van der Waals surface area contributed by atoms with Crippen LogP contribution in [0.15, 0.2) is 0 Å². The highest BCUT2D eigenvalue weighted by Crippen LogP contribution is 1.90. The van der Waals surface area contributed by atoms with Crippen LogP contribution in [-0.4, -0.2) is 31.7 Å². The summed E-state index contributed by atoms with van der Waals surface area (Å²) in [5.41, 5.74) is 5.33. The minimum atomic E-state index is -0.112. The Morgan fingerprint density at radius 2 is 2.08 bits per heavy atom. The SMILES string of the molecule is CC(C)OCCNC(=O)C(C)CN. The monoisotopic (exact) mass is 188 g/mol. The molecule has 13 heavy (non-hydrogen) atoms. The van der Waals surface area contributed by atoms with Crippen molar-refractivity contribution in [2.45, 2.75) is 26.9 Å². The molecule has 4 heteroatoms. The summed E-state index contributed by atoms with van der Waals surface area (Å²) in [4.78, 5) is 11.2. The fraction of sp³-hybridized carbons (Fsp3) is 0.889. The Hall–Kier alpha value is -0.610. The summed E-state index contributed by atoms with van der Waals surface area (Å²) in [6.45, 7) is 7.23. The van der Waals surface area contributed by atoms with Gasteiger partial charge in [-0.25, -0.2) is 0 Å². The molecule has 0 saturated heterocycles. The van der Waals surface area contributed by atoms with E-state index in [0.717, 1.165) is 0 Å². The average Bonchev–Trinajstić information content (AvgIpc) is 2.10. The topological polar surface area (TPSA) is 64.3 Å². The van der Waals surface area contributed by atoms with Crippen LogP contribution in [0.5, 0.6) is 0 Å². The van der Waals surface area contributed by atoms with Crippen LogP contribution in [0.3, 0.4) is 0 Å². The molecule has 1 amide bonds. The highest BCUT2D eigenvalue weighted by Gasteiger charge is 2.08. The maximum atomic E-state index is 11.2. The van der Waals surface area contributed by atoms with Crippen LogP contribution in [-0.2, 0) is 9.53 Å². The van der Waals surface area contributed by atoms with Crippen LogP contribution in [0, 0.1) is 5.92 Å². The summed E-state index contributed by atoms with van der Waals surface area (Å²) < 4.78 is 5.26. The Kier molecular flexibility index (Phi) is 6.54. The minimum absolute atomic E-state index is 0.00476. The van der Waals surface area contributed by atoms with E-state index >= 15 is 0 Å². The molecule has 0 rings (SSSR count). The van der Waals surface area contributed by atoms with Crippen LogP contribution in [0.1, 0.15) is 20.8 Å². The number of nitrogens with two attached hydrogens (primary N) is 1. The fourth-order valence-corrected chi connectivity index (χ4v) is 0.750. The average molecular weight is 188 g/mol. The predicted octanol–water partition coefficient (Wildman–Crippen LogP) is 0.122. The number of hydrogen-bond donors (Lipinski definition) is 2. The number of rotatable bonds is 6. The largest absolute Gasteiger partial charge is 0.377 e. The molecule has 0 aromatic heterocycles. The molecule has 3 N–H and O–H groups in total. The van der Waals surface area contributed by atoms with E-state index in [1.165, 1.54) is 0 Å². The molecule has 0 aliphatic rings. The maximum Gasteiger partial charge on any atom is 0.224 e. The molecule has 0 fully saturated rings. The van der Waals surface area contributed by atoms with Crippen molar-refractivity contribution in [2.24, 2.45) is 11.7 Å². The fourth-order valence-electron chi connectivity index (χ4n) is 0.750. The van der Waals surface area contributed by atoms with Gasteiger partial charge in [-0.2, -0.15) is 0 Å². The van der Waals surface area contributed by atoms with Crippen molar-refractivity contribution >= 4 is 5.91 Å². The first-order valence-electron chi connectivity index (χ1n) is 4.67. The van der Waals surface area contributed by atoms with E-state index in [9.17, 15) is 4.79 Å².